The summed E-state index contributed by atoms with van der Waals surface area (Å²) < 4.78 is 5.47. The van der Waals surface area contributed by atoms with E-state index in [-0.39, 0.29) is 12.6 Å². The van der Waals surface area contributed by atoms with E-state index in [4.69, 9.17) is 4.42 Å². The van der Waals surface area contributed by atoms with Crippen molar-refractivity contribution in [3.63, 3.8) is 0 Å². The fraction of sp³-hybridized carbons (Fsp3) is 0.533. The highest BCUT2D eigenvalue weighted by Crippen LogP contribution is 2.19. The minimum absolute atomic E-state index is 0.176. The van der Waals surface area contributed by atoms with Crippen LogP contribution in [-0.2, 0) is 6.54 Å². The smallest absolute Gasteiger partial charge is 0.192 e. The molecule has 0 radical (unpaired) electrons. The van der Waals surface area contributed by atoms with Crippen LogP contribution in [0.15, 0.2) is 22.6 Å². The van der Waals surface area contributed by atoms with E-state index in [0.717, 1.165) is 17.6 Å². The normalized spacial score (nSPS) is 13.6. The fourth-order valence-corrected chi connectivity index (χ4v) is 2.45. The molecule has 0 saturated heterocycles. The summed E-state index contributed by atoms with van der Waals surface area (Å²) in [7, 11) is 2.04. The van der Waals surface area contributed by atoms with E-state index >= 15 is 0 Å². The topological polar surface area (TPSA) is 49.5 Å². The molecule has 0 saturated carbocycles. The van der Waals surface area contributed by atoms with Crippen molar-refractivity contribution in [3.8, 4) is 0 Å². The van der Waals surface area contributed by atoms with Crippen molar-refractivity contribution in [1.82, 2.24) is 9.88 Å². The molecule has 1 aromatic carbocycles. The van der Waals surface area contributed by atoms with Gasteiger partial charge in [0.2, 0.25) is 0 Å². The lowest BCUT2D eigenvalue weighted by atomic mass is 10.0. The second kappa shape index (κ2) is 5.72. The highest BCUT2D eigenvalue weighted by atomic mass is 16.3. The van der Waals surface area contributed by atoms with E-state index in [1.807, 2.05) is 20.0 Å². The van der Waals surface area contributed by atoms with Gasteiger partial charge in [-0.1, -0.05) is 19.9 Å². The van der Waals surface area contributed by atoms with Crippen LogP contribution in [0.25, 0.3) is 11.1 Å². The lowest BCUT2D eigenvalue weighted by Gasteiger charge is -2.29. The van der Waals surface area contributed by atoms with Crippen LogP contribution in [-0.4, -0.2) is 34.7 Å². The Hall–Kier alpha value is -1.39. The molecule has 0 aliphatic heterocycles. The maximum Gasteiger partial charge on any atom is 0.192 e. The molecule has 2 rings (SSSR count). The predicted octanol–water partition coefficient (Wildman–Crippen LogP) is 2.58. The average molecular weight is 262 g/mol. The number of rotatable bonds is 5. The predicted molar refractivity (Wildman–Crippen MR) is 75.9 cm³/mol. The van der Waals surface area contributed by atoms with E-state index in [2.05, 4.69) is 35.9 Å². The zero-order valence-electron chi connectivity index (χ0n) is 12.1. The molecule has 0 spiro atoms. The Morgan fingerprint density at radius 3 is 2.74 bits per heavy atom. The van der Waals surface area contributed by atoms with E-state index in [1.165, 1.54) is 5.56 Å². The molecule has 2 aromatic rings. The number of nitrogens with zero attached hydrogens (tertiary/aromatic N) is 2. The van der Waals surface area contributed by atoms with Crippen molar-refractivity contribution in [2.45, 2.75) is 33.4 Å². The number of aliphatic hydroxyl groups is 1. The third-order valence-electron chi connectivity index (χ3n) is 3.51. The molecule has 4 nitrogen and oxygen atoms in total. The van der Waals surface area contributed by atoms with Crippen molar-refractivity contribution in [1.29, 1.82) is 0 Å². The minimum atomic E-state index is 0.176. The van der Waals surface area contributed by atoms with Gasteiger partial charge in [0.1, 0.15) is 5.52 Å². The van der Waals surface area contributed by atoms with Gasteiger partial charge in [-0.05, 0) is 30.7 Å². The molecule has 1 N–H and O–H groups in total. The molecule has 0 aliphatic carbocycles. The minimum Gasteiger partial charge on any atom is -0.441 e. The van der Waals surface area contributed by atoms with Gasteiger partial charge in [-0.2, -0.15) is 0 Å². The summed E-state index contributed by atoms with van der Waals surface area (Å²) in [5.41, 5.74) is 2.90. The van der Waals surface area contributed by atoms with Crippen molar-refractivity contribution < 1.29 is 9.52 Å². The lowest BCUT2D eigenvalue weighted by molar-refractivity contribution is 0.108. The Labute approximate surface area is 114 Å². The molecule has 0 aliphatic rings. The number of aliphatic hydroxyl groups excluding tert-OH is 1. The van der Waals surface area contributed by atoms with Crippen LogP contribution in [0, 0.1) is 12.8 Å². The number of hydrogen-bond acceptors (Lipinski definition) is 4. The average Bonchev–Trinajstić information content (AvgIpc) is 2.68. The van der Waals surface area contributed by atoms with Gasteiger partial charge < -0.3 is 9.52 Å². The van der Waals surface area contributed by atoms with Gasteiger partial charge in [0.25, 0.3) is 0 Å². The molecule has 0 fully saturated rings. The standard InChI is InChI=1S/C15H22N2O2/c1-10(2)14(9-18)17(4)8-12-5-6-15-13(7-12)16-11(3)19-15/h5-7,10,14,18H,8-9H2,1-4H3. The summed E-state index contributed by atoms with van der Waals surface area (Å²) in [4.78, 5) is 6.53. The van der Waals surface area contributed by atoms with Gasteiger partial charge in [0.15, 0.2) is 11.5 Å². The second-order valence-corrected chi connectivity index (χ2v) is 5.44. The molecule has 1 aromatic heterocycles. The molecule has 1 atom stereocenters. The van der Waals surface area contributed by atoms with E-state index in [1.54, 1.807) is 0 Å². The van der Waals surface area contributed by atoms with Crippen molar-refractivity contribution in [2.75, 3.05) is 13.7 Å². The molecule has 0 amide bonds. The van der Waals surface area contributed by atoms with Crippen LogP contribution in [0.5, 0.6) is 0 Å². The number of likely N-dealkylation sites (N-methyl/N-ethyl adjacent to an activating group) is 1. The first-order valence-electron chi connectivity index (χ1n) is 6.68. The first kappa shape index (κ1) is 14.0. The van der Waals surface area contributed by atoms with Crippen molar-refractivity contribution in [2.24, 2.45) is 5.92 Å². The van der Waals surface area contributed by atoms with E-state index in [0.29, 0.717) is 11.8 Å². The largest absolute Gasteiger partial charge is 0.441 e. The maximum absolute atomic E-state index is 9.45. The van der Waals surface area contributed by atoms with Crippen LogP contribution < -0.4 is 0 Å². The highest BCUT2D eigenvalue weighted by molar-refractivity contribution is 5.73. The number of hydrogen-bond donors (Lipinski definition) is 1. The van der Waals surface area contributed by atoms with Crippen LogP contribution in [0.4, 0.5) is 0 Å². The van der Waals surface area contributed by atoms with Gasteiger partial charge in [-0.3, -0.25) is 4.90 Å². The summed E-state index contributed by atoms with van der Waals surface area (Å²) in [6.45, 7) is 7.08. The van der Waals surface area contributed by atoms with Crippen molar-refractivity contribution in [3.05, 3.63) is 29.7 Å². The Morgan fingerprint density at radius 2 is 2.11 bits per heavy atom. The number of aromatic nitrogens is 1. The number of fused-ring (bicyclic) bond motifs is 1. The van der Waals surface area contributed by atoms with Gasteiger partial charge >= 0.3 is 0 Å². The third kappa shape index (κ3) is 3.14. The Morgan fingerprint density at radius 1 is 1.37 bits per heavy atom. The van der Waals surface area contributed by atoms with Gasteiger partial charge in [-0.25, -0.2) is 4.98 Å². The Kier molecular flexibility index (Phi) is 4.22. The van der Waals surface area contributed by atoms with Gasteiger partial charge in [0.05, 0.1) is 6.61 Å². The molecule has 104 valence electrons. The van der Waals surface area contributed by atoms with E-state index < -0.39 is 0 Å². The first-order valence-corrected chi connectivity index (χ1v) is 6.68. The van der Waals surface area contributed by atoms with Gasteiger partial charge in [-0.15, -0.1) is 0 Å². The monoisotopic (exact) mass is 262 g/mol. The summed E-state index contributed by atoms with van der Waals surface area (Å²) in [6, 6.07) is 6.24. The third-order valence-corrected chi connectivity index (χ3v) is 3.51. The summed E-state index contributed by atoms with van der Waals surface area (Å²) >= 11 is 0. The van der Waals surface area contributed by atoms with E-state index in [9.17, 15) is 5.11 Å². The molecule has 4 heteroatoms. The second-order valence-electron chi connectivity index (χ2n) is 5.44. The van der Waals surface area contributed by atoms with Gasteiger partial charge in [0, 0.05) is 19.5 Å². The zero-order chi connectivity index (χ0) is 14.0. The van der Waals surface area contributed by atoms with Crippen LogP contribution in [0.1, 0.15) is 25.3 Å². The Bertz CT molecular complexity index is 548. The molecule has 19 heavy (non-hydrogen) atoms. The number of aryl methyl sites for hydroxylation is 1. The van der Waals surface area contributed by atoms with Crippen molar-refractivity contribution >= 4 is 11.1 Å². The molecular formula is C15H22N2O2. The SMILES string of the molecule is Cc1nc2cc(CN(C)C(CO)C(C)C)ccc2o1. The molecule has 0 bridgehead atoms. The zero-order valence-corrected chi connectivity index (χ0v) is 12.1. The number of benzene rings is 1. The lowest BCUT2D eigenvalue weighted by Crippen LogP contribution is -2.38. The summed E-state index contributed by atoms with van der Waals surface area (Å²) in [6.07, 6.45) is 0. The Balaban J connectivity index is 2.16. The van der Waals surface area contributed by atoms with Crippen LogP contribution >= 0.6 is 0 Å². The van der Waals surface area contributed by atoms with Crippen LogP contribution in [0.2, 0.25) is 0 Å². The quantitative estimate of drug-likeness (QED) is 0.899. The molecular weight excluding hydrogens is 240 g/mol. The highest BCUT2D eigenvalue weighted by Gasteiger charge is 2.17. The fourth-order valence-electron chi connectivity index (χ4n) is 2.45. The van der Waals surface area contributed by atoms with Crippen LogP contribution in [0.3, 0.4) is 0 Å². The molecule has 1 unspecified atom stereocenters. The molecule has 1 heterocycles. The maximum atomic E-state index is 9.45. The summed E-state index contributed by atoms with van der Waals surface area (Å²) in [5, 5.41) is 9.45. The summed E-state index contributed by atoms with van der Waals surface area (Å²) in [5.74, 6) is 1.11. The number of oxazole rings is 1. The first-order chi connectivity index (χ1) is 9.01.